The van der Waals surface area contributed by atoms with Crippen LogP contribution in [0.2, 0.25) is 0 Å². The summed E-state index contributed by atoms with van der Waals surface area (Å²) < 4.78 is 27.4. The first-order valence-electron chi connectivity index (χ1n) is 7.57. The van der Waals surface area contributed by atoms with Crippen LogP contribution in [-0.4, -0.2) is 38.6 Å². The SMILES string of the molecule is NC(N)=NC(N)=Nc1ccccc1S(=O)(=O)N(CCO)c1ccccc1. The molecule has 0 aliphatic rings. The van der Waals surface area contributed by atoms with E-state index < -0.39 is 10.0 Å². The Balaban J connectivity index is 2.57. The molecule has 0 bridgehead atoms. The molecule has 2 rings (SSSR count). The van der Waals surface area contributed by atoms with Gasteiger partial charge in [-0.3, -0.25) is 4.31 Å². The van der Waals surface area contributed by atoms with Crippen LogP contribution in [0.1, 0.15) is 0 Å². The van der Waals surface area contributed by atoms with Gasteiger partial charge in [-0.2, -0.15) is 4.99 Å². The van der Waals surface area contributed by atoms with E-state index in [4.69, 9.17) is 17.2 Å². The number of benzene rings is 2. The Hall–Kier alpha value is -3.11. The lowest BCUT2D eigenvalue weighted by Crippen LogP contribution is -2.33. The zero-order valence-corrected chi connectivity index (χ0v) is 14.7. The van der Waals surface area contributed by atoms with E-state index in [1.807, 2.05) is 0 Å². The van der Waals surface area contributed by atoms with Gasteiger partial charge in [-0.1, -0.05) is 30.3 Å². The highest BCUT2D eigenvalue weighted by atomic mass is 32.2. The molecule has 2 aromatic rings. The molecule has 0 saturated carbocycles. The summed E-state index contributed by atoms with van der Waals surface area (Å²) in [6, 6.07) is 14.5. The second-order valence-electron chi connectivity index (χ2n) is 5.11. The average molecular weight is 376 g/mol. The maximum absolute atomic E-state index is 13.2. The Morgan fingerprint density at radius 3 is 2.23 bits per heavy atom. The van der Waals surface area contributed by atoms with Gasteiger partial charge in [0.25, 0.3) is 10.0 Å². The van der Waals surface area contributed by atoms with Crippen molar-refractivity contribution in [1.29, 1.82) is 0 Å². The van der Waals surface area contributed by atoms with E-state index >= 15 is 0 Å². The summed E-state index contributed by atoms with van der Waals surface area (Å²) in [4.78, 5) is 7.48. The fraction of sp³-hybridized carbons (Fsp3) is 0.125. The first-order valence-corrected chi connectivity index (χ1v) is 9.01. The Kier molecular flexibility index (Phi) is 6.15. The van der Waals surface area contributed by atoms with Crippen LogP contribution in [0.25, 0.3) is 0 Å². The van der Waals surface area contributed by atoms with Crippen molar-refractivity contribution in [2.24, 2.45) is 27.2 Å². The molecule has 26 heavy (non-hydrogen) atoms. The van der Waals surface area contributed by atoms with Gasteiger partial charge < -0.3 is 22.3 Å². The van der Waals surface area contributed by atoms with Crippen molar-refractivity contribution in [2.75, 3.05) is 17.5 Å². The molecule has 0 unspecified atom stereocenters. The standard InChI is InChI=1S/C16H20N6O3S/c17-15(18)21-16(19)20-13-8-4-5-9-14(13)26(24,25)22(10-11-23)12-6-2-1-3-7-12/h1-9,23H,10-11H2,(H6,17,18,19,20,21). The maximum atomic E-state index is 13.2. The van der Waals surface area contributed by atoms with Crippen LogP contribution in [-0.2, 0) is 10.0 Å². The van der Waals surface area contributed by atoms with Crippen LogP contribution < -0.4 is 21.5 Å². The predicted octanol–water partition coefficient (Wildman–Crippen LogP) is 0.0938. The number of hydrogen-bond donors (Lipinski definition) is 4. The molecular weight excluding hydrogens is 356 g/mol. The number of para-hydroxylation sites is 2. The number of aliphatic imine (C=N–C) groups is 2. The van der Waals surface area contributed by atoms with E-state index in [2.05, 4.69) is 9.98 Å². The minimum absolute atomic E-state index is 0.0777. The van der Waals surface area contributed by atoms with E-state index in [0.717, 1.165) is 4.31 Å². The van der Waals surface area contributed by atoms with Crippen LogP contribution in [0, 0.1) is 0 Å². The molecule has 9 nitrogen and oxygen atoms in total. The minimum atomic E-state index is -4.02. The third kappa shape index (κ3) is 4.49. The normalized spacial score (nSPS) is 11.8. The van der Waals surface area contributed by atoms with Gasteiger partial charge in [0.2, 0.25) is 5.96 Å². The fourth-order valence-corrected chi connectivity index (χ4v) is 3.83. The van der Waals surface area contributed by atoms with E-state index in [1.54, 1.807) is 42.5 Å². The van der Waals surface area contributed by atoms with Crippen molar-refractivity contribution in [3.8, 4) is 0 Å². The summed E-state index contributed by atoms with van der Waals surface area (Å²) in [6.07, 6.45) is 0. The van der Waals surface area contributed by atoms with Gasteiger partial charge in [-0.25, -0.2) is 13.4 Å². The molecule has 0 amide bonds. The number of nitrogens with two attached hydrogens (primary N) is 3. The Bertz CT molecular complexity index is 909. The quantitative estimate of drug-likeness (QED) is 0.413. The first-order chi connectivity index (χ1) is 12.4. The molecule has 0 atom stereocenters. The van der Waals surface area contributed by atoms with E-state index in [1.165, 1.54) is 12.1 Å². The van der Waals surface area contributed by atoms with Gasteiger partial charge in [0.05, 0.1) is 24.5 Å². The maximum Gasteiger partial charge on any atom is 0.266 e. The highest BCUT2D eigenvalue weighted by molar-refractivity contribution is 7.93. The number of hydrogen-bond acceptors (Lipinski definition) is 4. The average Bonchev–Trinajstić information content (AvgIpc) is 2.60. The molecule has 138 valence electrons. The van der Waals surface area contributed by atoms with E-state index in [-0.39, 0.29) is 35.7 Å². The topological polar surface area (TPSA) is 160 Å². The highest BCUT2D eigenvalue weighted by Gasteiger charge is 2.27. The van der Waals surface area contributed by atoms with Gasteiger partial charge >= 0.3 is 0 Å². The number of anilines is 1. The zero-order valence-electron chi connectivity index (χ0n) is 13.9. The van der Waals surface area contributed by atoms with Crippen molar-refractivity contribution in [3.05, 3.63) is 54.6 Å². The van der Waals surface area contributed by atoms with Gasteiger partial charge in [0.1, 0.15) is 4.90 Å². The predicted molar refractivity (Wildman–Crippen MR) is 102 cm³/mol. The molecular formula is C16H20N6O3S. The molecule has 0 spiro atoms. The largest absolute Gasteiger partial charge is 0.394 e. The Labute approximate surface area is 151 Å². The zero-order chi connectivity index (χ0) is 19.2. The molecule has 0 fully saturated rings. The van der Waals surface area contributed by atoms with Crippen LogP contribution >= 0.6 is 0 Å². The van der Waals surface area contributed by atoms with Gasteiger partial charge in [-0.05, 0) is 24.3 Å². The second kappa shape index (κ2) is 8.32. The number of nitrogens with zero attached hydrogens (tertiary/aromatic N) is 3. The number of sulfonamides is 1. The smallest absolute Gasteiger partial charge is 0.266 e. The molecule has 0 aliphatic heterocycles. The van der Waals surface area contributed by atoms with Gasteiger partial charge in [0.15, 0.2) is 5.96 Å². The molecule has 0 heterocycles. The number of aliphatic hydroxyl groups excluding tert-OH is 1. The molecule has 0 radical (unpaired) electrons. The van der Waals surface area contributed by atoms with Gasteiger partial charge in [0, 0.05) is 0 Å². The third-order valence-electron chi connectivity index (χ3n) is 3.26. The Morgan fingerprint density at radius 1 is 1.00 bits per heavy atom. The molecule has 7 N–H and O–H groups in total. The molecule has 0 aromatic heterocycles. The number of aliphatic hydroxyl groups is 1. The summed E-state index contributed by atoms with van der Waals surface area (Å²) >= 11 is 0. The second-order valence-corrected chi connectivity index (χ2v) is 6.94. The van der Waals surface area contributed by atoms with Crippen LogP contribution in [0.4, 0.5) is 11.4 Å². The lowest BCUT2D eigenvalue weighted by molar-refractivity contribution is 0.306. The molecule has 10 heteroatoms. The summed E-state index contributed by atoms with van der Waals surface area (Å²) in [5.74, 6) is -0.571. The first kappa shape index (κ1) is 19.2. The summed E-state index contributed by atoms with van der Waals surface area (Å²) in [7, 11) is -4.02. The van der Waals surface area contributed by atoms with Gasteiger partial charge in [-0.15, -0.1) is 0 Å². The minimum Gasteiger partial charge on any atom is -0.394 e. The van der Waals surface area contributed by atoms with Crippen molar-refractivity contribution in [1.82, 2.24) is 0 Å². The monoisotopic (exact) mass is 376 g/mol. The van der Waals surface area contributed by atoms with E-state index in [0.29, 0.717) is 5.69 Å². The molecule has 0 aliphatic carbocycles. The summed E-state index contributed by atoms with van der Waals surface area (Å²) in [6.45, 7) is -0.469. The van der Waals surface area contributed by atoms with Crippen LogP contribution in [0.15, 0.2) is 69.5 Å². The lowest BCUT2D eigenvalue weighted by atomic mass is 10.3. The lowest BCUT2D eigenvalue weighted by Gasteiger charge is -2.24. The third-order valence-corrected chi connectivity index (χ3v) is 5.13. The van der Waals surface area contributed by atoms with Crippen molar-refractivity contribution in [3.63, 3.8) is 0 Å². The number of guanidine groups is 2. The van der Waals surface area contributed by atoms with Crippen LogP contribution in [0.5, 0.6) is 0 Å². The van der Waals surface area contributed by atoms with Crippen molar-refractivity contribution >= 4 is 33.3 Å². The highest BCUT2D eigenvalue weighted by Crippen LogP contribution is 2.30. The van der Waals surface area contributed by atoms with Crippen molar-refractivity contribution < 1.29 is 13.5 Å². The van der Waals surface area contributed by atoms with Crippen molar-refractivity contribution in [2.45, 2.75) is 4.90 Å². The summed E-state index contributed by atoms with van der Waals surface area (Å²) in [5, 5.41) is 9.32. The van der Waals surface area contributed by atoms with Crippen LogP contribution in [0.3, 0.4) is 0 Å². The number of rotatable bonds is 6. The molecule has 2 aromatic carbocycles. The Morgan fingerprint density at radius 2 is 1.62 bits per heavy atom. The van der Waals surface area contributed by atoms with E-state index in [9.17, 15) is 13.5 Å². The summed E-state index contributed by atoms with van der Waals surface area (Å²) in [5.41, 5.74) is 16.6. The molecule has 0 saturated heterocycles. The fourth-order valence-electron chi connectivity index (χ4n) is 2.24.